The number of hydrogen-bond donors (Lipinski definition) is 2. The summed E-state index contributed by atoms with van der Waals surface area (Å²) in [6.07, 6.45) is 4.69. The van der Waals surface area contributed by atoms with E-state index in [4.69, 9.17) is 4.55 Å². The summed E-state index contributed by atoms with van der Waals surface area (Å²) < 4.78 is 31.2. The zero-order valence-corrected chi connectivity index (χ0v) is 11.2. The molecule has 0 saturated heterocycles. The summed E-state index contributed by atoms with van der Waals surface area (Å²) in [5.41, 5.74) is 1.41. The first-order valence-electron chi connectivity index (χ1n) is 5.84. The van der Waals surface area contributed by atoms with E-state index < -0.39 is 15.0 Å². The average molecular weight is 270 g/mol. The van der Waals surface area contributed by atoms with Crippen molar-refractivity contribution in [3.05, 3.63) is 35.9 Å². The second-order valence-electron chi connectivity index (χ2n) is 4.12. The lowest BCUT2D eigenvalue weighted by atomic mass is 9.99. The molecule has 0 atom stereocenters. The molecule has 0 amide bonds. The normalized spacial score (nSPS) is 11.4. The van der Waals surface area contributed by atoms with Gasteiger partial charge in [-0.25, -0.2) is 0 Å². The summed E-state index contributed by atoms with van der Waals surface area (Å²) in [6, 6.07) is 2.87. The second-order valence-corrected chi connectivity index (χ2v) is 5.51. The van der Waals surface area contributed by atoms with Gasteiger partial charge in [-0.3, -0.25) is 4.55 Å². The number of aromatic hydroxyl groups is 1. The summed E-state index contributed by atoms with van der Waals surface area (Å²) in [6.45, 7) is 5.64. The molecule has 0 aliphatic carbocycles. The van der Waals surface area contributed by atoms with Gasteiger partial charge in [0.15, 0.2) is 0 Å². The molecule has 1 aromatic rings. The molecule has 100 valence electrons. The first-order valence-corrected chi connectivity index (χ1v) is 7.28. The van der Waals surface area contributed by atoms with E-state index in [1.54, 1.807) is 12.1 Å². The van der Waals surface area contributed by atoms with Crippen LogP contribution < -0.4 is 0 Å². The van der Waals surface area contributed by atoms with Crippen molar-refractivity contribution >= 4 is 10.1 Å². The van der Waals surface area contributed by atoms with Gasteiger partial charge in [-0.15, -0.1) is 6.58 Å². The molecule has 1 rings (SSSR count). The van der Waals surface area contributed by atoms with E-state index in [1.165, 1.54) is 6.07 Å². The molecule has 1 aromatic carbocycles. The quantitative estimate of drug-likeness (QED) is 0.615. The van der Waals surface area contributed by atoms with Crippen LogP contribution in [0.5, 0.6) is 5.75 Å². The summed E-state index contributed by atoms with van der Waals surface area (Å²) in [5.74, 6) is -0.369. The molecule has 0 saturated carbocycles. The fourth-order valence-electron chi connectivity index (χ4n) is 1.84. The Kier molecular flexibility index (Phi) is 4.93. The van der Waals surface area contributed by atoms with Gasteiger partial charge in [0.25, 0.3) is 10.1 Å². The van der Waals surface area contributed by atoms with Crippen LogP contribution in [-0.2, 0) is 23.0 Å². The van der Waals surface area contributed by atoms with Crippen molar-refractivity contribution in [3.8, 4) is 5.75 Å². The number of allylic oxidation sites excluding steroid dienone is 1. The minimum absolute atomic E-state index is 0.369. The second kappa shape index (κ2) is 6.02. The lowest BCUT2D eigenvalue weighted by molar-refractivity contribution is 0.438. The highest BCUT2D eigenvalue weighted by molar-refractivity contribution is 7.86. The Bertz CT molecular complexity index is 532. The highest BCUT2D eigenvalue weighted by atomic mass is 32.2. The van der Waals surface area contributed by atoms with Gasteiger partial charge in [-0.05, 0) is 30.9 Å². The van der Waals surface area contributed by atoms with Crippen LogP contribution >= 0.6 is 0 Å². The van der Waals surface area contributed by atoms with Crippen LogP contribution in [0.15, 0.2) is 29.7 Å². The van der Waals surface area contributed by atoms with Gasteiger partial charge >= 0.3 is 0 Å². The molecule has 0 aromatic heterocycles. The molecule has 0 fully saturated rings. The van der Waals surface area contributed by atoms with E-state index in [-0.39, 0.29) is 5.75 Å². The number of rotatable bonds is 6. The minimum Gasteiger partial charge on any atom is -0.506 e. The van der Waals surface area contributed by atoms with Crippen molar-refractivity contribution in [2.24, 2.45) is 0 Å². The van der Waals surface area contributed by atoms with Gasteiger partial charge < -0.3 is 5.11 Å². The number of aryl methyl sites for hydroxylation is 1. The molecular weight excluding hydrogens is 252 g/mol. The van der Waals surface area contributed by atoms with Gasteiger partial charge in [0.1, 0.15) is 10.6 Å². The van der Waals surface area contributed by atoms with Crippen molar-refractivity contribution in [2.45, 2.75) is 37.5 Å². The van der Waals surface area contributed by atoms with E-state index in [1.807, 2.05) is 0 Å². The minimum atomic E-state index is -4.40. The fraction of sp³-hybridized carbons (Fsp3) is 0.385. The van der Waals surface area contributed by atoms with Crippen molar-refractivity contribution < 1.29 is 18.1 Å². The van der Waals surface area contributed by atoms with Crippen molar-refractivity contribution in [3.63, 3.8) is 0 Å². The molecule has 0 radical (unpaired) electrons. The standard InChI is InChI=1S/C13H18O4S/c1-3-5-7-10-8-9-12(18(15,16)17)13(14)11(10)6-4-2/h4,8-9,14H,2-3,5-7H2,1H3,(H,15,16,17). The fourth-order valence-corrected chi connectivity index (χ4v) is 2.45. The van der Waals surface area contributed by atoms with E-state index in [9.17, 15) is 13.5 Å². The van der Waals surface area contributed by atoms with Crippen LogP contribution in [0, 0.1) is 0 Å². The van der Waals surface area contributed by atoms with Gasteiger partial charge in [0.05, 0.1) is 0 Å². The molecule has 0 heterocycles. The third-order valence-corrected chi connectivity index (χ3v) is 3.65. The van der Waals surface area contributed by atoms with Crippen molar-refractivity contribution in [1.29, 1.82) is 0 Å². The van der Waals surface area contributed by atoms with E-state index >= 15 is 0 Å². The molecule has 0 aliphatic heterocycles. The smallest absolute Gasteiger partial charge is 0.298 e. The number of phenolic OH excluding ortho intramolecular Hbond substituents is 1. The monoisotopic (exact) mass is 270 g/mol. The first-order chi connectivity index (χ1) is 8.41. The molecule has 0 spiro atoms. The molecule has 0 aliphatic rings. The van der Waals surface area contributed by atoms with Crippen LogP contribution in [0.2, 0.25) is 0 Å². The highest BCUT2D eigenvalue weighted by Gasteiger charge is 2.19. The summed E-state index contributed by atoms with van der Waals surface area (Å²) in [7, 11) is -4.40. The molecule has 2 N–H and O–H groups in total. The Hall–Kier alpha value is -1.33. The van der Waals surface area contributed by atoms with Crippen LogP contribution in [0.25, 0.3) is 0 Å². The molecule has 4 nitrogen and oxygen atoms in total. The maximum atomic E-state index is 11.1. The zero-order chi connectivity index (χ0) is 13.8. The van der Waals surface area contributed by atoms with Crippen LogP contribution in [0.1, 0.15) is 30.9 Å². The number of benzene rings is 1. The molecule has 0 unspecified atom stereocenters. The zero-order valence-electron chi connectivity index (χ0n) is 10.4. The van der Waals surface area contributed by atoms with Crippen LogP contribution in [0.4, 0.5) is 0 Å². The van der Waals surface area contributed by atoms with Gasteiger partial charge in [-0.1, -0.05) is 25.5 Å². The number of hydrogen-bond acceptors (Lipinski definition) is 3. The van der Waals surface area contributed by atoms with Crippen molar-refractivity contribution in [1.82, 2.24) is 0 Å². The summed E-state index contributed by atoms with van der Waals surface area (Å²) in [4.78, 5) is -0.445. The van der Waals surface area contributed by atoms with E-state index in [2.05, 4.69) is 13.5 Å². The Morgan fingerprint density at radius 1 is 1.39 bits per heavy atom. The largest absolute Gasteiger partial charge is 0.506 e. The number of phenols is 1. The predicted octanol–water partition coefficient (Wildman–Crippen LogP) is 2.71. The summed E-state index contributed by atoms with van der Waals surface area (Å²) >= 11 is 0. The Morgan fingerprint density at radius 3 is 2.56 bits per heavy atom. The van der Waals surface area contributed by atoms with Crippen molar-refractivity contribution in [2.75, 3.05) is 0 Å². The lowest BCUT2D eigenvalue weighted by Crippen LogP contribution is -2.03. The molecule has 18 heavy (non-hydrogen) atoms. The maximum Gasteiger partial charge on any atom is 0.298 e. The topological polar surface area (TPSA) is 74.6 Å². The molecule has 0 bridgehead atoms. The highest BCUT2D eigenvalue weighted by Crippen LogP contribution is 2.31. The van der Waals surface area contributed by atoms with Gasteiger partial charge in [-0.2, -0.15) is 8.42 Å². The maximum absolute atomic E-state index is 11.1. The molecular formula is C13H18O4S. The SMILES string of the molecule is C=CCc1c(CCCC)ccc(S(=O)(=O)O)c1O. The number of unbranched alkanes of at least 4 members (excludes halogenated alkanes) is 1. The van der Waals surface area contributed by atoms with E-state index in [0.29, 0.717) is 12.0 Å². The molecule has 5 heteroatoms. The third-order valence-electron chi connectivity index (χ3n) is 2.77. The third kappa shape index (κ3) is 3.34. The van der Waals surface area contributed by atoms with Crippen LogP contribution in [0.3, 0.4) is 0 Å². The summed E-state index contributed by atoms with van der Waals surface area (Å²) in [5, 5.41) is 9.95. The van der Waals surface area contributed by atoms with Gasteiger partial charge in [0.2, 0.25) is 0 Å². The van der Waals surface area contributed by atoms with Crippen LogP contribution in [-0.4, -0.2) is 18.1 Å². The first kappa shape index (κ1) is 14.7. The Morgan fingerprint density at radius 2 is 2.06 bits per heavy atom. The Balaban J connectivity index is 3.32. The lowest BCUT2D eigenvalue weighted by Gasteiger charge is -2.12. The predicted molar refractivity (Wildman–Crippen MR) is 70.4 cm³/mol. The van der Waals surface area contributed by atoms with E-state index in [0.717, 1.165) is 24.8 Å². The Labute approximate surface area is 108 Å². The average Bonchev–Trinajstić information content (AvgIpc) is 2.28. The van der Waals surface area contributed by atoms with Gasteiger partial charge in [0, 0.05) is 5.56 Å².